The molecule has 0 aromatic carbocycles. The quantitative estimate of drug-likeness (QED) is 0.814. The SMILES string of the molecule is CCCc1nc(Cl)c(C)c(NC(C)CN2CCCCC2)n1. The Bertz CT molecular complexity index is 458. The number of anilines is 1. The molecule has 21 heavy (non-hydrogen) atoms. The predicted octanol–water partition coefficient (Wildman–Crippen LogP) is 3.68. The number of rotatable bonds is 6. The molecule has 4 nitrogen and oxygen atoms in total. The number of aromatic nitrogens is 2. The Labute approximate surface area is 133 Å². The Balaban J connectivity index is 2.00. The molecule has 0 aliphatic carbocycles. The van der Waals surface area contributed by atoms with Gasteiger partial charge in [0.05, 0.1) is 0 Å². The van der Waals surface area contributed by atoms with E-state index in [0.29, 0.717) is 11.2 Å². The molecule has 0 radical (unpaired) electrons. The van der Waals surface area contributed by atoms with E-state index < -0.39 is 0 Å². The van der Waals surface area contributed by atoms with Crippen LogP contribution in [-0.2, 0) is 6.42 Å². The lowest BCUT2D eigenvalue weighted by Gasteiger charge is -2.29. The van der Waals surface area contributed by atoms with Crippen LogP contribution in [0, 0.1) is 6.92 Å². The highest BCUT2D eigenvalue weighted by Gasteiger charge is 2.15. The smallest absolute Gasteiger partial charge is 0.137 e. The van der Waals surface area contributed by atoms with Crippen LogP contribution >= 0.6 is 11.6 Å². The van der Waals surface area contributed by atoms with Crippen LogP contribution in [-0.4, -0.2) is 40.5 Å². The minimum Gasteiger partial charge on any atom is -0.366 e. The van der Waals surface area contributed by atoms with Gasteiger partial charge in [-0.15, -0.1) is 0 Å². The second kappa shape index (κ2) is 7.95. The van der Waals surface area contributed by atoms with Gasteiger partial charge in [0.1, 0.15) is 16.8 Å². The minimum atomic E-state index is 0.363. The number of nitrogens with zero attached hydrogens (tertiary/aromatic N) is 3. The molecule has 1 atom stereocenters. The summed E-state index contributed by atoms with van der Waals surface area (Å²) in [4.78, 5) is 11.5. The van der Waals surface area contributed by atoms with Crippen molar-refractivity contribution in [1.29, 1.82) is 0 Å². The molecule has 5 heteroatoms. The van der Waals surface area contributed by atoms with Crippen molar-refractivity contribution in [2.75, 3.05) is 25.0 Å². The van der Waals surface area contributed by atoms with Gasteiger partial charge in [-0.1, -0.05) is 24.9 Å². The largest absolute Gasteiger partial charge is 0.366 e. The molecule has 0 saturated carbocycles. The standard InChI is InChI=1S/C16H27ClN4/c1-4-8-14-19-15(17)13(3)16(20-14)18-12(2)11-21-9-6-5-7-10-21/h12H,4-11H2,1-3H3,(H,18,19,20). The Morgan fingerprint density at radius 3 is 2.62 bits per heavy atom. The topological polar surface area (TPSA) is 41.1 Å². The number of piperidine rings is 1. The van der Waals surface area contributed by atoms with Gasteiger partial charge in [0.2, 0.25) is 0 Å². The van der Waals surface area contributed by atoms with Crippen LogP contribution < -0.4 is 5.32 Å². The van der Waals surface area contributed by atoms with E-state index in [1.54, 1.807) is 0 Å². The van der Waals surface area contributed by atoms with E-state index in [-0.39, 0.29) is 0 Å². The van der Waals surface area contributed by atoms with Gasteiger partial charge in [-0.05, 0) is 46.2 Å². The van der Waals surface area contributed by atoms with Crippen molar-refractivity contribution in [3.05, 3.63) is 16.5 Å². The Morgan fingerprint density at radius 2 is 1.95 bits per heavy atom. The monoisotopic (exact) mass is 310 g/mol. The van der Waals surface area contributed by atoms with Gasteiger partial charge in [0.15, 0.2) is 0 Å². The first kappa shape index (κ1) is 16.5. The molecule has 1 aliphatic heterocycles. The first-order valence-corrected chi connectivity index (χ1v) is 8.49. The number of hydrogen-bond acceptors (Lipinski definition) is 4. The number of hydrogen-bond donors (Lipinski definition) is 1. The zero-order valence-corrected chi connectivity index (χ0v) is 14.2. The van der Waals surface area contributed by atoms with Gasteiger partial charge in [-0.2, -0.15) is 0 Å². The maximum absolute atomic E-state index is 6.23. The third kappa shape index (κ3) is 4.82. The van der Waals surface area contributed by atoms with Gasteiger partial charge in [0.25, 0.3) is 0 Å². The van der Waals surface area contributed by atoms with Crippen LogP contribution in [0.1, 0.15) is 50.9 Å². The molecule has 1 aliphatic rings. The average Bonchev–Trinajstić information content (AvgIpc) is 2.45. The maximum atomic E-state index is 6.23. The third-order valence-corrected chi connectivity index (χ3v) is 4.34. The zero-order valence-electron chi connectivity index (χ0n) is 13.5. The lowest BCUT2D eigenvalue weighted by Crippen LogP contribution is -2.38. The number of halogens is 1. The molecule has 1 aromatic rings. The van der Waals surface area contributed by atoms with Crippen molar-refractivity contribution in [1.82, 2.24) is 14.9 Å². The van der Waals surface area contributed by atoms with Crippen molar-refractivity contribution in [3.63, 3.8) is 0 Å². The van der Waals surface area contributed by atoms with E-state index in [2.05, 4.69) is 34.0 Å². The second-order valence-electron chi connectivity index (χ2n) is 6.06. The highest BCUT2D eigenvalue weighted by atomic mass is 35.5. The Hall–Kier alpha value is -0.870. The lowest BCUT2D eigenvalue weighted by molar-refractivity contribution is 0.223. The summed E-state index contributed by atoms with van der Waals surface area (Å²) in [6.07, 6.45) is 5.92. The fraction of sp³-hybridized carbons (Fsp3) is 0.750. The summed E-state index contributed by atoms with van der Waals surface area (Å²) in [6, 6.07) is 0.363. The van der Waals surface area contributed by atoms with Crippen LogP contribution in [0.2, 0.25) is 5.15 Å². The number of nitrogens with one attached hydrogen (secondary N) is 1. The van der Waals surface area contributed by atoms with Crippen LogP contribution in [0.15, 0.2) is 0 Å². The summed E-state index contributed by atoms with van der Waals surface area (Å²) in [5.74, 6) is 1.73. The molecule has 2 rings (SSSR count). The van der Waals surface area contributed by atoms with Crippen LogP contribution in [0.4, 0.5) is 5.82 Å². The minimum absolute atomic E-state index is 0.363. The molecule has 0 bridgehead atoms. The van der Waals surface area contributed by atoms with Gasteiger partial charge in [-0.3, -0.25) is 0 Å². The lowest BCUT2D eigenvalue weighted by atomic mass is 10.1. The molecule has 1 unspecified atom stereocenters. The molecule has 1 N–H and O–H groups in total. The van der Waals surface area contributed by atoms with Crippen LogP contribution in [0.5, 0.6) is 0 Å². The maximum Gasteiger partial charge on any atom is 0.137 e. The summed E-state index contributed by atoms with van der Waals surface area (Å²) < 4.78 is 0. The van der Waals surface area contributed by atoms with Crippen molar-refractivity contribution >= 4 is 17.4 Å². The molecule has 1 saturated heterocycles. The fourth-order valence-corrected chi connectivity index (χ4v) is 3.00. The normalized spacial score (nSPS) is 17.7. The van der Waals surface area contributed by atoms with Crippen molar-refractivity contribution in [2.24, 2.45) is 0 Å². The van der Waals surface area contributed by atoms with Crippen molar-refractivity contribution in [2.45, 2.75) is 58.9 Å². The first-order chi connectivity index (χ1) is 10.1. The average molecular weight is 311 g/mol. The van der Waals surface area contributed by atoms with Crippen LogP contribution in [0.25, 0.3) is 0 Å². The molecule has 118 valence electrons. The molecule has 2 heterocycles. The second-order valence-corrected chi connectivity index (χ2v) is 6.42. The summed E-state index contributed by atoms with van der Waals surface area (Å²) in [6.45, 7) is 9.82. The molecular weight excluding hydrogens is 284 g/mol. The van der Waals surface area contributed by atoms with Crippen molar-refractivity contribution < 1.29 is 0 Å². The molecule has 1 fully saturated rings. The fourth-order valence-electron chi connectivity index (χ4n) is 2.82. The molecule has 1 aromatic heterocycles. The molecule has 0 amide bonds. The Kier molecular flexibility index (Phi) is 6.24. The van der Waals surface area contributed by atoms with Gasteiger partial charge < -0.3 is 10.2 Å². The van der Waals surface area contributed by atoms with Gasteiger partial charge in [-0.25, -0.2) is 9.97 Å². The zero-order chi connectivity index (χ0) is 15.2. The summed E-state index contributed by atoms with van der Waals surface area (Å²) >= 11 is 6.23. The summed E-state index contributed by atoms with van der Waals surface area (Å²) in [5, 5.41) is 4.09. The highest BCUT2D eigenvalue weighted by molar-refractivity contribution is 6.30. The summed E-state index contributed by atoms with van der Waals surface area (Å²) in [5.41, 5.74) is 0.946. The first-order valence-electron chi connectivity index (χ1n) is 8.12. The molecular formula is C16H27ClN4. The van der Waals surface area contributed by atoms with Gasteiger partial charge in [0, 0.05) is 24.6 Å². The highest BCUT2D eigenvalue weighted by Crippen LogP contribution is 2.21. The van der Waals surface area contributed by atoms with Gasteiger partial charge >= 0.3 is 0 Å². The van der Waals surface area contributed by atoms with E-state index in [1.807, 2.05) is 6.92 Å². The number of aryl methyl sites for hydroxylation is 1. The van der Waals surface area contributed by atoms with E-state index in [9.17, 15) is 0 Å². The predicted molar refractivity (Wildman–Crippen MR) is 89.1 cm³/mol. The van der Waals surface area contributed by atoms with E-state index >= 15 is 0 Å². The summed E-state index contributed by atoms with van der Waals surface area (Å²) in [7, 11) is 0. The van der Waals surface area contributed by atoms with Crippen molar-refractivity contribution in [3.8, 4) is 0 Å². The number of likely N-dealkylation sites (tertiary alicyclic amines) is 1. The van der Waals surface area contributed by atoms with E-state index in [4.69, 9.17) is 11.6 Å². The van der Waals surface area contributed by atoms with E-state index in [1.165, 1.54) is 32.4 Å². The third-order valence-electron chi connectivity index (χ3n) is 3.97. The Morgan fingerprint density at radius 1 is 1.24 bits per heavy atom. The van der Waals surface area contributed by atoms with Crippen LogP contribution in [0.3, 0.4) is 0 Å². The molecule has 0 spiro atoms. The van der Waals surface area contributed by atoms with E-state index in [0.717, 1.165) is 36.6 Å².